The molecule has 0 heterocycles. The maximum atomic E-state index is 12.2. The van der Waals surface area contributed by atoms with Gasteiger partial charge in [0.25, 0.3) is 0 Å². The van der Waals surface area contributed by atoms with Crippen molar-refractivity contribution in [1.82, 2.24) is 0 Å². The quantitative estimate of drug-likeness (QED) is 0.0385. The SMILES string of the molecule is CCCCCC/C=C\C/C=C\CCCCCCCC(=O)OC(CO)COCCCCCCCCCCCCCCCCCCCCCCCCCC. The van der Waals surface area contributed by atoms with E-state index in [1.807, 2.05) is 0 Å². The van der Waals surface area contributed by atoms with E-state index >= 15 is 0 Å². The molecule has 0 aliphatic carbocycles. The van der Waals surface area contributed by atoms with Gasteiger partial charge in [0.1, 0.15) is 6.10 Å². The number of aliphatic hydroxyl groups excluding tert-OH is 1. The summed E-state index contributed by atoms with van der Waals surface area (Å²) in [6.07, 6.45) is 56.9. The van der Waals surface area contributed by atoms with E-state index in [1.165, 1.54) is 193 Å². The molecule has 0 saturated heterocycles. The summed E-state index contributed by atoms with van der Waals surface area (Å²) in [5.74, 6) is -0.209. The third-order valence-electron chi connectivity index (χ3n) is 10.5. The molecular formula is C48H92O4. The average Bonchev–Trinajstić information content (AvgIpc) is 3.15. The lowest BCUT2D eigenvalue weighted by molar-refractivity contribution is -0.154. The molecule has 0 aliphatic heterocycles. The first kappa shape index (κ1) is 50.9. The predicted octanol–water partition coefficient (Wildman–Crippen LogP) is 15.5. The van der Waals surface area contributed by atoms with Crippen LogP contribution >= 0.6 is 0 Å². The number of aliphatic hydroxyl groups is 1. The summed E-state index contributed by atoms with van der Waals surface area (Å²) >= 11 is 0. The number of allylic oxidation sites excluding steroid dienone is 4. The Kier molecular flexibility index (Phi) is 45.0. The molecule has 0 rings (SSSR count). The summed E-state index contributed by atoms with van der Waals surface area (Å²) in [4.78, 5) is 12.2. The summed E-state index contributed by atoms with van der Waals surface area (Å²) in [6, 6.07) is 0. The highest BCUT2D eigenvalue weighted by Crippen LogP contribution is 2.16. The lowest BCUT2D eigenvalue weighted by Crippen LogP contribution is -2.27. The highest BCUT2D eigenvalue weighted by atomic mass is 16.6. The molecule has 0 amide bonds. The van der Waals surface area contributed by atoms with Gasteiger partial charge in [-0.1, -0.05) is 224 Å². The van der Waals surface area contributed by atoms with E-state index < -0.39 is 6.10 Å². The Morgan fingerprint density at radius 3 is 1.21 bits per heavy atom. The van der Waals surface area contributed by atoms with Gasteiger partial charge in [-0.15, -0.1) is 0 Å². The zero-order valence-corrected chi connectivity index (χ0v) is 35.3. The van der Waals surface area contributed by atoms with Gasteiger partial charge in [0.05, 0.1) is 13.2 Å². The lowest BCUT2D eigenvalue weighted by Gasteiger charge is -2.15. The summed E-state index contributed by atoms with van der Waals surface area (Å²) in [5, 5.41) is 9.61. The van der Waals surface area contributed by atoms with E-state index in [-0.39, 0.29) is 12.6 Å². The summed E-state index contributed by atoms with van der Waals surface area (Å²) in [7, 11) is 0. The first-order valence-corrected chi connectivity index (χ1v) is 23.4. The topological polar surface area (TPSA) is 55.8 Å². The third-order valence-corrected chi connectivity index (χ3v) is 10.5. The molecule has 0 fully saturated rings. The number of ether oxygens (including phenoxy) is 2. The molecule has 0 spiro atoms. The minimum absolute atomic E-state index is 0.173. The Labute approximate surface area is 326 Å². The zero-order chi connectivity index (χ0) is 37.7. The number of hydrogen-bond donors (Lipinski definition) is 1. The van der Waals surface area contributed by atoms with Gasteiger partial charge in [0.15, 0.2) is 0 Å². The standard InChI is InChI=1S/C48H92O4/c1-3-5-7-9-11-13-15-17-19-21-22-23-24-25-26-27-28-30-32-34-36-38-40-42-44-51-46-47(45-49)52-48(50)43-41-39-37-35-33-31-29-20-18-16-14-12-10-8-6-4-2/h14,16,20,29,47,49H,3-13,15,17-19,21-28,30-46H2,1-2H3/b16-14-,29-20-. The van der Waals surface area contributed by atoms with Crippen LogP contribution in [0.4, 0.5) is 0 Å². The first-order valence-electron chi connectivity index (χ1n) is 23.4. The van der Waals surface area contributed by atoms with Crippen LogP contribution in [-0.4, -0.2) is 37.0 Å². The van der Waals surface area contributed by atoms with Gasteiger partial charge in [0, 0.05) is 13.0 Å². The molecule has 1 atom stereocenters. The molecule has 0 radical (unpaired) electrons. The Balaban J connectivity index is 3.37. The summed E-state index contributed by atoms with van der Waals surface area (Å²) in [5.41, 5.74) is 0. The van der Waals surface area contributed by atoms with Crippen molar-refractivity contribution in [3.05, 3.63) is 24.3 Å². The predicted molar refractivity (Wildman–Crippen MR) is 228 cm³/mol. The molecule has 4 nitrogen and oxygen atoms in total. The molecule has 1 unspecified atom stereocenters. The largest absolute Gasteiger partial charge is 0.457 e. The minimum Gasteiger partial charge on any atom is -0.457 e. The van der Waals surface area contributed by atoms with Crippen molar-refractivity contribution in [2.24, 2.45) is 0 Å². The van der Waals surface area contributed by atoms with Crippen molar-refractivity contribution < 1.29 is 19.4 Å². The lowest BCUT2D eigenvalue weighted by atomic mass is 10.0. The molecule has 0 aromatic rings. The van der Waals surface area contributed by atoms with Gasteiger partial charge in [-0.2, -0.15) is 0 Å². The van der Waals surface area contributed by atoms with E-state index in [0.717, 1.165) is 38.5 Å². The number of carbonyl (C=O) groups excluding carboxylic acids is 1. The van der Waals surface area contributed by atoms with Gasteiger partial charge >= 0.3 is 5.97 Å². The Bertz CT molecular complexity index is 732. The van der Waals surface area contributed by atoms with Crippen LogP contribution in [0.1, 0.15) is 251 Å². The molecule has 1 N–H and O–H groups in total. The molecule has 0 bridgehead atoms. The van der Waals surface area contributed by atoms with Gasteiger partial charge in [-0.3, -0.25) is 4.79 Å². The average molecular weight is 733 g/mol. The Morgan fingerprint density at radius 1 is 0.462 bits per heavy atom. The number of esters is 1. The van der Waals surface area contributed by atoms with Crippen LogP contribution in [0.5, 0.6) is 0 Å². The molecule has 0 aromatic carbocycles. The molecule has 4 heteroatoms. The van der Waals surface area contributed by atoms with Gasteiger partial charge in [-0.05, 0) is 44.9 Å². The molecule has 308 valence electrons. The van der Waals surface area contributed by atoms with Crippen LogP contribution in [0.2, 0.25) is 0 Å². The van der Waals surface area contributed by atoms with Gasteiger partial charge < -0.3 is 14.6 Å². The third kappa shape index (κ3) is 43.3. The molecule has 0 aromatic heterocycles. The fourth-order valence-corrected chi connectivity index (χ4v) is 7.01. The van der Waals surface area contributed by atoms with Crippen molar-refractivity contribution in [3.63, 3.8) is 0 Å². The molecule has 0 aliphatic rings. The number of unbranched alkanes of at least 4 members (excludes halogenated alkanes) is 32. The maximum Gasteiger partial charge on any atom is 0.306 e. The minimum atomic E-state index is -0.537. The second kappa shape index (κ2) is 46.0. The summed E-state index contributed by atoms with van der Waals surface area (Å²) < 4.78 is 11.2. The first-order chi connectivity index (χ1) is 25.7. The Morgan fingerprint density at radius 2 is 0.808 bits per heavy atom. The highest BCUT2D eigenvalue weighted by Gasteiger charge is 2.13. The Hall–Kier alpha value is -1.13. The van der Waals surface area contributed by atoms with Crippen molar-refractivity contribution in [2.75, 3.05) is 19.8 Å². The molecule has 52 heavy (non-hydrogen) atoms. The smallest absolute Gasteiger partial charge is 0.306 e. The van der Waals surface area contributed by atoms with E-state index in [0.29, 0.717) is 19.6 Å². The van der Waals surface area contributed by atoms with Crippen LogP contribution in [0.15, 0.2) is 24.3 Å². The normalized spacial score (nSPS) is 12.4. The van der Waals surface area contributed by atoms with E-state index in [1.54, 1.807) is 0 Å². The fraction of sp³-hybridized carbons (Fsp3) is 0.896. The summed E-state index contributed by atoms with van der Waals surface area (Å²) in [6.45, 7) is 5.36. The maximum absolute atomic E-state index is 12.2. The van der Waals surface area contributed by atoms with Crippen LogP contribution in [0.25, 0.3) is 0 Å². The zero-order valence-electron chi connectivity index (χ0n) is 35.3. The monoisotopic (exact) mass is 733 g/mol. The van der Waals surface area contributed by atoms with Crippen LogP contribution < -0.4 is 0 Å². The van der Waals surface area contributed by atoms with Gasteiger partial charge in [0.2, 0.25) is 0 Å². The molecule has 0 saturated carbocycles. The van der Waals surface area contributed by atoms with Crippen molar-refractivity contribution in [3.8, 4) is 0 Å². The second-order valence-corrected chi connectivity index (χ2v) is 15.8. The van der Waals surface area contributed by atoms with Gasteiger partial charge in [-0.25, -0.2) is 0 Å². The van der Waals surface area contributed by atoms with Crippen molar-refractivity contribution in [1.29, 1.82) is 0 Å². The van der Waals surface area contributed by atoms with Crippen molar-refractivity contribution in [2.45, 2.75) is 258 Å². The van der Waals surface area contributed by atoms with Crippen LogP contribution in [0, 0.1) is 0 Å². The highest BCUT2D eigenvalue weighted by molar-refractivity contribution is 5.69. The second-order valence-electron chi connectivity index (χ2n) is 15.8. The van der Waals surface area contributed by atoms with E-state index in [9.17, 15) is 9.90 Å². The number of carbonyl (C=O) groups is 1. The molecular weight excluding hydrogens is 641 g/mol. The number of rotatable bonds is 44. The van der Waals surface area contributed by atoms with Crippen molar-refractivity contribution >= 4 is 5.97 Å². The van der Waals surface area contributed by atoms with E-state index in [2.05, 4.69) is 38.2 Å². The van der Waals surface area contributed by atoms with Crippen LogP contribution in [-0.2, 0) is 14.3 Å². The number of hydrogen-bond acceptors (Lipinski definition) is 4. The fourth-order valence-electron chi connectivity index (χ4n) is 7.01. The van der Waals surface area contributed by atoms with E-state index in [4.69, 9.17) is 9.47 Å². The van der Waals surface area contributed by atoms with Crippen LogP contribution in [0.3, 0.4) is 0 Å².